The summed E-state index contributed by atoms with van der Waals surface area (Å²) >= 11 is 5.87. The summed E-state index contributed by atoms with van der Waals surface area (Å²) in [5.41, 5.74) is 0.289. The molecule has 0 bridgehead atoms. The molecule has 3 aliphatic rings. The molecule has 2 aliphatic carbocycles. The molecule has 1 aromatic rings. The molecule has 0 N–H and O–H groups in total. The van der Waals surface area contributed by atoms with Gasteiger partial charge in [0.1, 0.15) is 4.75 Å². The summed E-state index contributed by atoms with van der Waals surface area (Å²) in [6.07, 6.45) is 5.93. The Morgan fingerprint density at radius 1 is 1.20 bits per heavy atom. The lowest BCUT2D eigenvalue weighted by atomic mass is 9.56. The van der Waals surface area contributed by atoms with Crippen LogP contribution in [-0.4, -0.2) is 36.6 Å². The molecular formula is C19H24ClNO3S. The Morgan fingerprint density at radius 3 is 2.28 bits per heavy atom. The van der Waals surface area contributed by atoms with Crippen LogP contribution in [0.2, 0.25) is 5.02 Å². The van der Waals surface area contributed by atoms with Gasteiger partial charge in [-0.2, -0.15) is 0 Å². The average molecular weight is 382 g/mol. The fourth-order valence-electron chi connectivity index (χ4n) is 4.57. The Bertz CT molecular complexity index is 808. The van der Waals surface area contributed by atoms with Crippen LogP contribution < -0.4 is 0 Å². The number of carbonyl (C=O) groups excluding carboxylic acids is 1. The van der Waals surface area contributed by atoms with Crippen molar-refractivity contribution in [2.45, 2.75) is 61.6 Å². The first-order valence-electron chi connectivity index (χ1n) is 9.00. The van der Waals surface area contributed by atoms with E-state index in [0.717, 1.165) is 6.54 Å². The van der Waals surface area contributed by atoms with Crippen molar-refractivity contribution < 1.29 is 13.2 Å². The maximum Gasteiger partial charge on any atom is 0.244 e. The molecule has 136 valence electrons. The number of benzene rings is 1. The van der Waals surface area contributed by atoms with Crippen molar-refractivity contribution >= 4 is 27.3 Å². The third kappa shape index (κ3) is 2.46. The molecule has 1 unspecified atom stereocenters. The molecule has 0 aromatic heterocycles. The molecule has 1 atom stereocenters. The maximum absolute atomic E-state index is 13.2. The van der Waals surface area contributed by atoms with E-state index in [9.17, 15) is 13.2 Å². The SMILES string of the molecule is CC(C)(C(=O)N1CC2(CCC2)C1C1CC1)S(=O)(=O)c1ccc(Cl)cc1. The fourth-order valence-corrected chi connectivity index (χ4v) is 6.12. The Balaban J connectivity index is 1.61. The first-order valence-corrected chi connectivity index (χ1v) is 10.9. The van der Waals surface area contributed by atoms with Crippen molar-refractivity contribution in [3.63, 3.8) is 0 Å². The molecule has 2 saturated carbocycles. The van der Waals surface area contributed by atoms with Crippen molar-refractivity contribution in [2.75, 3.05) is 6.54 Å². The summed E-state index contributed by atoms with van der Waals surface area (Å²) in [6.45, 7) is 3.80. The molecule has 1 heterocycles. The Hall–Kier alpha value is -1.07. The minimum absolute atomic E-state index is 0.150. The number of nitrogens with zero attached hydrogens (tertiary/aromatic N) is 1. The van der Waals surface area contributed by atoms with Crippen LogP contribution in [0.4, 0.5) is 0 Å². The lowest BCUT2D eigenvalue weighted by molar-refractivity contribution is -0.173. The monoisotopic (exact) mass is 381 g/mol. The standard InChI is InChI=1S/C19H24ClNO3S/c1-18(2,25(23,24)15-8-6-14(20)7-9-15)17(22)21-12-19(10-3-11-19)16(21)13-4-5-13/h6-9,13,16H,3-5,10-12H2,1-2H3. The van der Waals surface area contributed by atoms with Crippen LogP contribution in [0, 0.1) is 11.3 Å². The second kappa shape index (κ2) is 5.46. The van der Waals surface area contributed by atoms with Crippen LogP contribution in [-0.2, 0) is 14.6 Å². The van der Waals surface area contributed by atoms with Gasteiger partial charge in [-0.15, -0.1) is 0 Å². The normalized spacial score (nSPS) is 25.4. The van der Waals surface area contributed by atoms with E-state index in [2.05, 4.69) is 0 Å². The number of halogens is 1. The molecule has 1 aliphatic heterocycles. The van der Waals surface area contributed by atoms with Gasteiger partial charge in [-0.05, 0) is 69.7 Å². The maximum atomic E-state index is 13.2. The van der Waals surface area contributed by atoms with Gasteiger partial charge >= 0.3 is 0 Å². The van der Waals surface area contributed by atoms with E-state index >= 15 is 0 Å². The van der Waals surface area contributed by atoms with Crippen molar-refractivity contribution in [3.8, 4) is 0 Å². The zero-order valence-corrected chi connectivity index (χ0v) is 16.2. The molecule has 1 saturated heterocycles. The molecule has 0 radical (unpaired) electrons. The van der Waals surface area contributed by atoms with E-state index in [4.69, 9.17) is 11.6 Å². The average Bonchev–Trinajstić information content (AvgIpc) is 3.29. The van der Waals surface area contributed by atoms with E-state index in [-0.39, 0.29) is 22.3 Å². The van der Waals surface area contributed by atoms with Gasteiger partial charge in [-0.3, -0.25) is 4.79 Å². The Kier molecular flexibility index (Phi) is 3.79. The largest absolute Gasteiger partial charge is 0.337 e. The van der Waals surface area contributed by atoms with Crippen LogP contribution in [0.5, 0.6) is 0 Å². The van der Waals surface area contributed by atoms with E-state index in [1.807, 2.05) is 4.90 Å². The Labute approximate surface area is 154 Å². The van der Waals surface area contributed by atoms with Crippen molar-refractivity contribution in [1.29, 1.82) is 0 Å². The molecule has 6 heteroatoms. The third-order valence-corrected chi connectivity index (χ3v) is 9.10. The van der Waals surface area contributed by atoms with E-state index in [1.165, 1.54) is 58.1 Å². The van der Waals surface area contributed by atoms with Crippen molar-refractivity contribution in [2.24, 2.45) is 11.3 Å². The van der Waals surface area contributed by atoms with E-state index in [0.29, 0.717) is 10.9 Å². The van der Waals surface area contributed by atoms with Crippen LogP contribution >= 0.6 is 11.6 Å². The molecule has 1 amide bonds. The summed E-state index contributed by atoms with van der Waals surface area (Å²) < 4.78 is 24.7. The zero-order valence-electron chi connectivity index (χ0n) is 14.7. The smallest absolute Gasteiger partial charge is 0.244 e. The summed E-state index contributed by atoms with van der Waals surface area (Å²) in [5.74, 6) is 0.323. The van der Waals surface area contributed by atoms with Crippen LogP contribution in [0.1, 0.15) is 46.0 Å². The highest BCUT2D eigenvalue weighted by molar-refractivity contribution is 7.93. The predicted octanol–water partition coefficient (Wildman–Crippen LogP) is 3.68. The number of sulfone groups is 1. The van der Waals surface area contributed by atoms with Crippen LogP contribution in [0.3, 0.4) is 0 Å². The summed E-state index contributed by atoms with van der Waals surface area (Å²) in [6, 6.07) is 6.32. The van der Waals surface area contributed by atoms with Gasteiger partial charge in [0, 0.05) is 23.0 Å². The van der Waals surface area contributed by atoms with Gasteiger partial charge in [0.05, 0.1) is 4.90 Å². The molecular weight excluding hydrogens is 358 g/mol. The molecule has 4 nitrogen and oxygen atoms in total. The number of hydrogen-bond acceptors (Lipinski definition) is 3. The number of hydrogen-bond donors (Lipinski definition) is 0. The first kappa shape index (κ1) is 17.3. The number of likely N-dealkylation sites (tertiary alicyclic amines) is 1. The van der Waals surface area contributed by atoms with Crippen molar-refractivity contribution in [1.82, 2.24) is 4.90 Å². The van der Waals surface area contributed by atoms with Gasteiger partial charge < -0.3 is 4.90 Å². The van der Waals surface area contributed by atoms with Gasteiger partial charge in [0.25, 0.3) is 0 Å². The fraction of sp³-hybridized carbons (Fsp3) is 0.632. The second-order valence-electron chi connectivity index (χ2n) is 8.40. The molecule has 25 heavy (non-hydrogen) atoms. The molecule has 4 rings (SSSR count). The summed E-state index contributed by atoms with van der Waals surface area (Å²) in [5, 5.41) is 0.478. The van der Waals surface area contributed by atoms with E-state index < -0.39 is 14.6 Å². The molecule has 1 spiro atoms. The molecule has 3 fully saturated rings. The highest BCUT2D eigenvalue weighted by Gasteiger charge is 2.63. The lowest BCUT2D eigenvalue weighted by Gasteiger charge is -2.63. The zero-order chi connectivity index (χ0) is 18.0. The minimum atomic E-state index is -3.78. The van der Waals surface area contributed by atoms with Gasteiger partial charge in [-0.25, -0.2) is 8.42 Å². The number of carbonyl (C=O) groups is 1. The highest BCUT2D eigenvalue weighted by Crippen LogP contribution is 2.60. The van der Waals surface area contributed by atoms with Crippen LogP contribution in [0.25, 0.3) is 0 Å². The summed E-state index contributed by atoms with van der Waals surface area (Å²) in [7, 11) is -3.78. The summed E-state index contributed by atoms with van der Waals surface area (Å²) in [4.78, 5) is 15.2. The first-order chi connectivity index (χ1) is 11.7. The van der Waals surface area contributed by atoms with Crippen molar-refractivity contribution in [3.05, 3.63) is 29.3 Å². The topological polar surface area (TPSA) is 54.5 Å². The number of amides is 1. The van der Waals surface area contributed by atoms with Gasteiger partial charge in [0.15, 0.2) is 9.84 Å². The lowest BCUT2D eigenvalue weighted by Crippen LogP contribution is -2.72. The number of rotatable bonds is 4. The highest BCUT2D eigenvalue weighted by atomic mass is 35.5. The van der Waals surface area contributed by atoms with E-state index in [1.54, 1.807) is 12.1 Å². The predicted molar refractivity (Wildman–Crippen MR) is 97.2 cm³/mol. The van der Waals surface area contributed by atoms with Gasteiger partial charge in [-0.1, -0.05) is 18.0 Å². The third-order valence-electron chi connectivity index (χ3n) is 6.44. The Morgan fingerprint density at radius 2 is 1.80 bits per heavy atom. The minimum Gasteiger partial charge on any atom is -0.337 e. The second-order valence-corrected chi connectivity index (χ2v) is 11.3. The van der Waals surface area contributed by atoms with Gasteiger partial charge in [0.2, 0.25) is 5.91 Å². The molecule has 1 aromatic carbocycles. The van der Waals surface area contributed by atoms with Crippen LogP contribution in [0.15, 0.2) is 29.2 Å². The quantitative estimate of drug-likeness (QED) is 0.799.